The van der Waals surface area contributed by atoms with Crippen LogP contribution in [0.4, 0.5) is 15.8 Å². The third kappa shape index (κ3) is 5.60. The molecule has 148 valence electrons. The Bertz CT molecular complexity index is 862. The number of halogens is 2. The molecule has 2 amide bonds. The first-order valence-electron chi connectivity index (χ1n) is 9.01. The summed E-state index contributed by atoms with van der Waals surface area (Å²) in [5, 5.41) is 6.03. The smallest absolute Gasteiger partial charge is 0.239 e. The van der Waals surface area contributed by atoms with Gasteiger partial charge < -0.3 is 20.3 Å². The average molecular weight is 406 g/mol. The highest BCUT2D eigenvalue weighted by Crippen LogP contribution is 2.29. The molecule has 1 heterocycles. The van der Waals surface area contributed by atoms with Gasteiger partial charge in [0.15, 0.2) is 0 Å². The Balaban J connectivity index is 1.46. The number of carbonyl (C=O) groups is 2. The summed E-state index contributed by atoms with van der Waals surface area (Å²) in [6, 6.07) is 11.1. The number of hydrogen-bond acceptors (Lipinski definition) is 4. The van der Waals surface area contributed by atoms with Gasteiger partial charge in [-0.3, -0.25) is 9.59 Å². The van der Waals surface area contributed by atoms with E-state index >= 15 is 0 Å². The molecule has 1 fully saturated rings. The lowest BCUT2D eigenvalue weighted by Gasteiger charge is -2.29. The summed E-state index contributed by atoms with van der Waals surface area (Å²) in [7, 11) is 0. The van der Waals surface area contributed by atoms with Crippen LogP contribution in [-0.4, -0.2) is 38.1 Å². The fraction of sp³-hybridized carbons (Fsp3) is 0.300. The molecule has 1 aliphatic rings. The molecule has 6 nitrogen and oxygen atoms in total. The second kappa shape index (κ2) is 9.41. The number of amides is 2. The average Bonchev–Trinajstić information content (AvgIpc) is 2.65. The topological polar surface area (TPSA) is 70.7 Å². The van der Waals surface area contributed by atoms with Crippen LogP contribution in [0, 0.1) is 5.82 Å². The maximum absolute atomic E-state index is 13.1. The number of anilines is 2. The van der Waals surface area contributed by atoms with Gasteiger partial charge >= 0.3 is 0 Å². The number of ether oxygens (including phenoxy) is 1. The van der Waals surface area contributed by atoms with Crippen LogP contribution < -0.4 is 20.3 Å². The van der Waals surface area contributed by atoms with Crippen LogP contribution in [0.25, 0.3) is 0 Å². The van der Waals surface area contributed by atoms with Gasteiger partial charge in [0.1, 0.15) is 11.6 Å². The van der Waals surface area contributed by atoms with E-state index in [2.05, 4.69) is 10.6 Å². The highest BCUT2D eigenvalue weighted by molar-refractivity contribution is 6.33. The van der Waals surface area contributed by atoms with Crippen LogP contribution in [0.5, 0.6) is 5.75 Å². The Labute approximate surface area is 167 Å². The summed E-state index contributed by atoms with van der Waals surface area (Å²) in [5.41, 5.74) is 1.35. The van der Waals surface area contributed by atoms with Crippen molar-refractivity contribution in [2.45, 2.75) is 12.8 Å². The maximum Gasteiger partial charge on any atom is 0.239 e. The highest BCUT2D eigenvalue weighted by Gasteiger charge is 2.18. The molecule has 2 aromatic carbocycles. The second-order valence-corrected chi connectivity index (χ2v) is 6.80. The summed E-state index contributed by atoms with van der Waals surface area (Å²) in [6.45, 7) is 1.83. The van der Waals surface area contributed by atoms with Crippen molar-refractivity contribution in [3.63, 3.8) is 0 Å². The lowest BCUT2D eigenvalue weighted by atomic mass is 10.2. The molecule has 0 saturated carbocycles. The summed E-state index contributed by atoms with van der Waals surface area (Å²) in [4.78, 5) is 25.5. The van der Waals surface area contributed by atoms with Crippen molar-refractivity contribution >= 4 is 34.8 Å². The van der Waals surface area contributed by atoms with Crippen molar-refractivity contribution in [1.29, 1.82) is 0 Å². The minimum absolute atomic E-state index is 0.0415. The van der Waals surface area contributed by atoms with Crippen molar-refractivity contribution in [2.75, 3.05) is 36.5 Å². The molecule has 0 aromatic heterocycles. The molecule has 0 bridgehead atoms. The van der Waals surface area contributed by atoms with E-state index in [0.717, 1.165) is 5.69 Å². The summed E-state index contributed by atoms with van der Waals surface area (Å²) in [6.07, 6.45) is 0.762. The van der Waals surface area contributed by atoms with Crippen molar-refractivity contribution < 1.29 is 18.7 Å². The zero-order chi connectivity index (χ0) is 19.9. The third-order valence-corrected chi connectivity index (χ3v) is 4.53. The molecule has 8 heteroatoms. The van der Waals surface area contributed by atoms with Gasteiger partial charge in [0.05, 0.1) is 23.9 Å². The lowest BCUT2D eigenvalue weighted by Crippen LogP contribution is -2.47. The zero-order valence-electron chi connectivity index (χ0n) is 15.2. The number of hydrogen-bond donors (Lipinski definition) is 2. The first kappa shape index (κ1) is 19.9. The van der Waals surface area contributed by atoms with Gasteiger partial charge in [-0.2, -0.15) is 0 Å². The molecule has 0 atom stereocenters. The Morgan fingerprint density at radius 2 is 2.14 bits per heavy atom. The molecular formula is C20H21ClFN3O3. The molecule has 1 saturated heterocycles. The molecular weight excluding hydrogens is 385 g/mol. The molecule has 2 aromatic rings. The predicted octanol–water partition coefficient (Wildman–Crippen LogP) is 3.21. The largest absolute Gasteiger partial charge is 0.493 e. The first-order valence-corrected chi connectivity index (χ1v) is 9.38. The maximum atomic E-state index is 13.1. The van der Waals surface area contributed by atoms with Crippen LogP contribution in [0.3, 0.4) is 0 Å². The summed E-state index contributed by atoms with van der Waals surface area (Å²) in [5.74, 6) is -0.126. The van der Waals surface area contributed by atoms with Crippen LogP contribution in [0.1, 0.15) is 12.8 Å². The zero-order valence-corrected chi connectivity index (χ0v) is 16.0. The molecule has 0 radical (unpaired) electrons. The van der Waals surface area contributed by atoms with Gasteiger partial charge in [0, 0.05) is 31.3 Å². The van der Waals surface area contributed by atoms with Crippen molar-refractivity contribution in [3.8, 4) is 5.75 Å². The normalized spacial score (nSPS) is 13.8. The SMILES string of the molecule is O=C1CN(c2ccc(NC(=O)CCCOc3cccc(F)c3)cc2Cl)CCN1. The van der Waals surface area contributed by atoms with Crippen LogP contribution >= 0.6 is 11.6 Å². The van der Waals surface area contributed by atoms with E-state index in [1.807, 2.05) is 4.90 Å². The van der Waals surface area contributed by atoms with E-state index in [1.54, 1.807) is 30.3 Å². The monoisotopic (exact) mass is 405 g/mol. The lowest BCUT2D eigenvalue weighted by molar-refractivity contribution is -0.120. The Morgan fingerprint density at radius 3 is 2.89 bits per heavy atom. The molecule has 28 heavy (non-hydrogen) atoms. The van der Waals surface area contributed by atoms with Crippen molar-refractivity contribution in [1.82, 2.24) is 5.32 Å². The standard InChI is InChI=1S/C20H21ClFN3O3/c21-17-12-15(6-7-18(17)25-9-8-23-20(27)13-25)24-19(26)5-2-10-28-16-4-1-3-14(22)11-16/h1,3-4,6-7,11-12H,2,5,8-10,13H2,(H,23,27)(H,24,26). The van der Waals surface area contributed by atoms with Gasteiger partial charge in [-0.15, -0.1) is 0 Å². The molecule has 1 aliphatic heterocycles. The van der Waals surface area contributed by atoms with Crippen molar-refractivity contribution in [3.05, 3.63) is 53.3 Å². The fourth-order valence-corrected chi connectivity index (χ4v) is 3.19. The summed E-state index contributed by atoms with van der Waals surface area (Å²) >= 11 is 6.33. The number of piperazine rings is 1. The van der Waals surface area contributed by atoms with Crippen LogP contribution in [-0.2, 0) is 9.59 Å². The number of benzene rings is 2. The van der Waals surface area contributed by atoms with Crippen molar-refractivity contribution in [2.24, 2.45) is 0 Å². The number of nitrogens with one attached hydrogen (secondary N) is 2. The van der Waals surface area contributed by atoms with Crippen LogP contribution in [0.2, 0.25) is 5.02 Å². The first-order chi connectivity index (χ1) is 13.5. The van der Waals surface area contributed by atoms with Gasteiger partial charge in [-0.1, -0.05) is 17.7 Å². The van der Waals surface area contributed by atoms with E-state index in [4.69, 9.17) is 16.3 Å². The molecule has 0 aliphatic carbocycles. The minimum Gasteiger partial charge on any atom is -0.493 e. The van der Waals surface area contributed by atoms with Gasteiger partial charge in [0.25, 0.3) is 0 Å². The molecule has 0 unspecified atom stereocenters. The quantitative estimate of drug-likeness (QED) is 0.694. The number of nitrogens with zero attached hydrogens (tertiary/aromatic N) is 1. The van der Waals surface area contributed by atoms with E-state index in [-0.39, 0.29) is 30.6 Å². The van der Waals surface area contributed by atoms with E-state index in [1.165, 1.54) is 12.1 Å². The van der Waals surface area contributed by atoms with Gasteiger partial charge in [0.2, 0.25) is 11.8 Å². The Morgan fingerprint density at radius 1 is 1.29 bits per heavy atom. The molecule has 2 N–H and O–H groups in total. The van der Waals surface area contributed by atoms with E-state index in [0.29, 0.717) is 42.6 Å². The highest BCUT2D eigenvalue weighted by atomic mass is 35.5. The van der Waals surface area contributed by atoms with Gasteiger partial charge in [-0.05, 0) is 36.8 Å². The minimum atomic E-state index is -0.360. The van der Waals surface area contributed by atoms with E-state index in [9.17, 15) is 14.0 Å². The molecule has 3 rings (SSSR count). The summed E-state index contributed by atoms with van der Waals surface area (Å²) < 4.78 is 18.5. The Hall–Kier alpha value is -2.80. The predicted molar refractivity (Wildman–Crippen MR) is 106 cm³/mol. The Kier molecular flexibility index (Phi) is 6.71. The third-order valence-electron chi connectivity index (χ3n) is 4.22. The number of carbonyl (C=O) groups excluding carboxylic acids is 2. The molecule has 0 spiro atoms. The number of rotatable bonds is 7. The second-order valence-electron chi connectivity index (χ2n) is 6.40. The fourth-order valence-electron chi connectivity index (χ4n) is 2.89. The van der Waals surface area contributed by atoms with E-state index < -0.39 is 0 Å². The van der Waals surface area contributed by atoms with Gasteiger partial charge in [-0.25, -0.2) is 4.39 Å². The van der Waals surface area contributed by atoms with Crippen LogP contribution in [0.15, 0.2) is 42.5 Å².